The van der Waals surface area contributed by atoms with Crippen molar-refractivity contribution in [3.63, 3.8) is 0 Å². The lowest BCUT2D eigenvalue weighted by atomic mass is 9.82. The van der Waals surface area contributed by atoms with Crippen LogP contribution in [-0.4, -0.2) is 25.0 Å². The molecule has 2 aromatic carbocycles. The SMILES string of the molecule is CCCCCCCCOC(CCC(=O)OCC)(C(=O)c1ccccc1)c1ccccc1. The first-order valence-electron chi connectivity index (χ1n) is 11.6. The van der Waals surface area contributed by atoms with Gasteiger partial charge in [-0.1, -0.05) is 99.7 Å². The molecule has 0 bridgehead atoms. The number of Topliss-reactive ketones (excluding diaryl/α,β-unsaturated/α-hetero) is 1. The Balaban J connectivity index is 2.26. The molecule has 4 nitrogen and oxygen atoms in total. The lowest BCUT2D eigenvalue weighted by molar-refractivity contribution is -0.144. The number of rotatable bonds is 15. The third kappa shape index (κ3) is 7.62. The molecule has 1 atom stereocenters. The average molecular weight is 425 g/mol. The van der Waals surface area contributed by atoms with Crippen molar-refractivity contribution < 1.29 is 19.1 Å². The molecule has 4 heteroatoms. The number of hydrogen-bond acceptors (Lipinski definition) is 4. The van der Waals surface area contributed by atoms with Gasteiger partial charge >= 0.3 is 5.97 Å². The molecule has 0 radical (unpaired) electrons. The zero-order valence-corrected chi connectivity index (χ0v) is 19.0. The molecule has 2 aromatic rings. The van der Waals surface area contributed by atoms with Crippen LogP contribution in [0.4, 0.5) is 0 Å². The molecule has 0 amide bonds. The van der Waals surface area contributed by atoms with Crippen LogP contribution in [0.25, 0.3) is 0 Å². The molecule has 0 aromatic heterocycles. The summed E-state index contributed by atoms with van der Waals surface area (Å²) in [7, 11) is 0. The van der Waals surface area contributed by atoms with Crippen LogP contribution in [0.1, 0.15) is 81.1 Å². The predicted molar refractivity (Wildman–Crippen MR) is 124 cm³/mol. The quantitative estimate of drug-likeness (QED) is 0.186. The van der Waals surface area contributed by atoms with Gasteiger partial charge in [0.15, 0.2) is 11.4 Å². The summed E-state index contributed by atoms with van der Waals surface area (Å²) in [4.78, 5) is 25.9. The highest BCUT2D eigenvalue weighted by atomic mass is 16.5. The van der Waals surface area contributed by atoms with Crippen molar-refractivity contribution in [3.05, 3.63) is 71.8 Å². The number of carbonyl (C=O) groups is 2. The number of ketones is 1. The first kappa shape index (κ1) is 24.8. The van der Waals surface area contributed by atoms with Crippen molar-refractivity contribution in [1.82, 2.24) is 0 Å². The van der Waals surface area contributed by atoms with Gasteiger partial charge in [-0.25, -0.2) is 0 Å². The standard InChI is InChI=1S/C27H36O4/c1-3-5-6-7-8-15-22-31-27(21-20-25(28)30-4-2,24-18-13-10-14-19-24)26(29)23-16-11-9-12-17-23/h9-14,16-19H,3-8,15,20-22H2,1-2H3. The van der Waals surface area contributed by atoms with E-state index in [0.29, 0.717) is 18.8 Å². The van der Waals surface area contributed by atoms with Crippen LogP contribution >= 0.6 is 0 Å². The zero-order valence-electron chi connectivity index (χ0n) is 19.0. The number of unbranched alkanes of at least 4 members (excludes halogenated alkanes) is 5. The fourth-order valence-corrected chi connectivity index (χ4v) is 3.78. The minimum Gasteiger partial charge on any atom is -0.466 e. The Kier molecular flexibility index (Phi) is 11.0. The zero-order chi connectivity index (χ0) is 22.4. The number of benzene rings is 2. The second-order valence-corrected chi connectivity index (χ2v) is 7.81. The molecule has 2 rings (SSSR count). The summed E-state index contributed by atoms with van der Waals surface area (Å²) in [5, 5.41) is 0. The van der Waals surface area contributed by atoms with Gasteiger partial charge in [-0.15, -0.1) is 0 Å². The van der Waals surface area contributed by atoms with Gasteiger partial charge in [-0.3, -0.25) is 9.59 Å². The summed E-state index contributed by atoms with van der Waals surface area (Å²) in [5.74, 6) is -0.429. The summed E-state index contributed by atoms with van der Waals surface area (Å²) < 4.78 is 11.5. The third-order valence-corrected chi connectivity index (χ3v) is 5.48. The lowest BCUT2D eigenvalue weighted by Crippen LogP contribution is -2.40. The van der Waals surface area contributed by atoms with Gasteiger partial charge in [-0.2, -0.15) is 0 Å². The van der Waals surface area contributed by atoms with Crippen LogP contribution in [0.2, 0.25) is 0 Å². The molecular formula is C27H36O4. The predicted octanol–water partition coefficient (Wildman–Crippen LogP) is 6.49. The van der Waals surface area contributed by atoms with Crippen molar-refractivity contribution in [3.8, 4) is 0 Å². The van der Waals surface area contributed by atoms with E-state index in [1.807, 2.05) is 48.5 Å². The van der Waals surface area contributed by atoms with E-state index in [-0.39, 0.29) is 24.6 Å². The van der Waals surface area contributed by atoms with E-state index in [2.05, 4.69) is 6.92 Å². The maximum atomic E-state index is 13.8. The fraction of sp³-hybridized carbons (Fsp3) is 0.481. The van der Waals surface area contributed by atoms with Gasteiger partial charge in [0.25, 0.3) is 0 Å². The van der Waals surface area contributed by atoms with Crippen molar-refractivity contribution in [2.24, 2.45) is 0 Å². The first-order chi connectivity index (χ1) is 15.1. The van der Waals surface area contributed by atoms with Crippen LogP contribution in [0.5, 0.6) is 0 Å². The maximum Gasteiger partial charge on any atom is 0.305 e. The molecule has 0 fully saturated rings. The third-order valence-electron chi connectivity index (χ3n) is 5.48. The van der Waals surface area contributed by atoms with Crippen LogP contribution < -0.4 is 0 Å². The minimum atomic E-state index is -1.21. The van der Waals surface area contributed by atoms with Crippen LogP contribution in [0, 0.1) is 0 Å². The number of ether oxygens (including phenoxy) is 2. The van der Waals surface area contributed by atoms with Crippen LogP contribution in [0.3, 0.4) is 0 Å². The Morgan fingerprint density at radius 1 is 0.806 bits per heavy atom. The highest BCUT2D eigenvalue weighted by molar-refractivity contribution is 6.03. The molecule has 0 N–H and O–H groups in total. The van der Waals surface area contributed by atoms with Crippen LogP contribution in [-0.2, 0) is 19.9 Å². The molecular weight excluding hydrogens is 388 g/mol. The Hall–Kier alpha value is -2.46. The average Bonchev–Trinajstić information content (AvgIpc) is 2.81. The Labute approximate surface area is 187 Å². The molecule has 0 aliphatic rings. The monoisotopic (exact) mass is 424 g/mol. The molecule has 1 unspecified atom stereocenters. The molecule has 0 aliphatic heterocycles. The highest BCUT2D eigenvalue weighted by Gasteiger charge is 2.42. The van der Waals surface area contributed by atoms with Crippen molar-refractivity contribution >= 4 is 11.8 Å². The largest absolute Gasteiger partial charge is 0.466 e. The molecule has 0 saturated heterocycles. The summed E-state index contributed by atoms with van der Waals surface area (Å²) in [5.41, 5.74) is 0.149. The smallest absolute Gasteiger partial charge is 0.305 e. The van der Waals surface area contributed by atoms with E-state index in [1.165, 1.54) is 25.7 Å². The second-order valence-electron chi connectivity index (χ2n) is 7.81. The summed E-state index contributed by atoms with van der Waals surface area (Å²) in [6.45, 7) is 4.79. The normalized spacial score (nSPS) is 12.8. The van der Waals surface area contributed by atoms with Crippen molar-refractivity contribution in [2.75, 3.05) is 13.2 Å². The topological polar surface area (TPSA) is 52.6 Å². The van der Waals surface area contributed by atoms with E-state index in [4.69, 9.17) is 9.47 Å². The molecule has 0 spiro atoms. The van der Waals surface area contributed by atoms with Crippen molar-refractivity contribution in [2.45, 2.75) is 70.8 Å². The summed E-state index contributed by atoms with van der Waals surface area (Å²) in [6.07, 6.45) is 7.20. The molecule has 0 heterocycles. The van der Waals surface area contributed by atoms with Gasteiger partial charge in [0.2, 0.25) is 0 Å². The maximum absolute atomic E-state index is 13.8. The van der Waals surface area contributed by atoms with E-state index in [9.17, 15) is 9.59 Å². The van der Waals surface area contributed by atoms with Gasteiger partial charge in [-0.05, 0) is 25.3 Å². The van der Waals surface area contributed by atoms with E-state index in [1.54, 1.807) is 19.1 Å². The highest BCUT2D eigenvalue weighted by Crippen LogP contribution is 2.35. The Bertz CT molecular complexity index is 772. The van der Waals surface area contributed by atoms with Gasteiger partial charge in [0.1, 0.15) is 0 Å². The summed E-state index contributed by atoms with van der Waals surface area (Å²) >= 11 is 0. The first-order valence-corrected chi connectivity index (χ1v) is 11.6. The fourth-order valence-electron chi connectivity index (χ4n) is 3.78. The lowest BCUT2D eigenvalue weighted by Gasteiger charge is -2.33. The number of hydrogen-bond donors (Lipinski definition) is 0. The van der Waals surface area contributed by atoms with Gasteiger partial charge in [0, 0.05) is 18.6 Å². The molecule has 31 heavy (non-hydrogen) atoms. The summed E-state index contributed by atoms with van der Waals surface area (Å²) in [6, 6.07) is 18.7. The van der Waals surface area contributed by atoms with Crippen LogP contribution in [0.15, 0.2) is 60.7 Å². The van der Waals surface area contributed by atoms with E-state index in [0.717, 1.165) is 18.4 Å². The molecule has 0 aliphatic carbocycles. The molecule has 0 saturated carbocycles. The Morgan fingerprint density at radius 2 is 1.42 bits per heavy atom. The van der Waals surface area contributed by atoms with Gasteiger partial charge in [0.05, 0.1) is 6.61 Å². The number of esters is 1. The van der Waals surface area contributed by atoms with Crippen molar-refractivity contribution in [1.29, 1.82) is 0 Å². The van der Waals surface area contributed by atoms with Gasteiger partial charge < -0.3 is 9.47 Å². The second kappa shape index (κ2) is 13.8. The van der Waals surface area contributed by atoms with E-state index < -0.39 is 5.60 Å². The number of carbonyl (C=O) groups excluding carboxylic acids is 2. The molecule has 168 valence electrons. The minimum absolute atomic E-state index is 0.116. The Morgan fingerprint density at radius 3 is 2.06 bits per heavy atom. The van der Waals surface area contributed by atoms with E-state index >= 15 is 0 Å².